The predicted molar refractivity (Wildman–Crippen MR) is 66.5 cm³/mol. The lowest BCUT2D eigenvalue weighted by atomic mass is 9.90. The van der Waals surface area contributed by atoms with Crippen LogP contribution in [0.1, 0.15) is 27.2 Å². The molecule has 2 bridgehead atoms. The van der Waals surface area contributed by atoms with Gasteiger partial charge in [0.25, 0.3) is 0 Å². The minimum absolute atomic E-state index is 0.0441. The summed E-state index contributed by atoms with van der Waals surface area (Å²) in [5.74, 6) is -0.0709. The Kier molecular flexibility index (Phi) is 2.58. The number of fused-ring (bicyclic) bond motifs is 1. The zero-order chi connectivity index (χ0) is 13.8. The Hall–Kier alpha value is -1.30. The molecule has 1 spiro atoms. The fourth-order valence-electron chi connectivity index (χ4n) is 3.22. The number of morpholine rings is 1. The maximum absolute atomic E-state index is 12.1. The van der Waals surface area contributed by atoms with Crippen molar-refractivity contribution in [3.05, 3.63) is 0 Å². The number of nitrogens with zero attached hydrogens (tertiary/aromatic N) is 1. The van der Waals surface area contributed by atoms with Gasteiger partial charge in [0.2, 0.25) is 5.91 Å². The summed E-state index contributed by atoms with van der Waals surface area (Å²) in [5, 5.41) is 2.83. The molecule has 3 atom stereocenters. The number of hydrogen-bond donors (Lipinski definition) is 1. The minimum Gasteiger partial charge on any atom is -0.444 e. The number of carbonyl (C=O) groups excluding carboxylic acids is 2. The molecule has 3 aliphatic rings. The highest BCUT2D eigenvalue weighted by Crippen LogP contribution is 2.43. The van der Waals surface area contributed by atoms with Crippen LogP contribution in [0.2, 0.25) is 0 Å². The molecule has 0 aliphatic carbocycles. The summed E-state index contributed by atoms with van der Waals surface area (Å²) in [6, 6.07) is 0. The number of ether oxygens (including phenoxy) is 2. The molecule has 0 saturated carbocycles. The summed E-state index contributed by atoms with van der Waals surface area (Å²) in [4.78, 5) is 25.6. The van der Waals surface area contributed by atoms with Gasteiger partial charge in [-0.25, -0.2) is 4.79 Å². The second kappa shape index (κ2) is 3.85. The first-order valence-electron chi connectivity index (χ1n) is 6.73. The van der Waals surface area contributed by atoms with Crippen molar-refractivity contribution in [2.75, 3.05) is 19.6 Å². The van der Waals surface area contributed by atoms with Crippen LogP contribution in [-0.4, -0.2) is 53.8 Å². The van der Waals surface area contributed by atoms with Crippen molar-refractivity contribution in [1.29, 1.82) is 0 Å². The van der Waals surface area contributed by atoms with E-state index in [1.807, 2.05) is 20.8 Å². The van der Waals surface area contributed by atoms with Gasteiger partial charge in [-0.2, -0.15) is 0 Å². The van der Waals surface area contributed by atoms with E-state index in [9.17, 15) is 9.59 Å². The first-order chi connectivity index (χ1) is 8.79. The zero-order valence-electron chi connectivity index (χ0n) is 11.6. The molecule has 3 unspecified atom stereocenters. The van der Waals surface area contributed by atoms with Crippen molar-refractivity contribution >= 4 is 12.0 Å². The molecule has 1 N–H and O–H groups in total. The molecule has 106 valence electrons. The van der Waals surface area contributed by atoms with Crippen LogP contribution in [0, 0.1) is 5.92 Å². The molecule has 6 heteroatoms. The van der Waals surface area contributed by atoms with Gasteiger partial charge in [-0.3, -0.25) is 4.79 Å². The summed E-state index contributed by atoms with van der Waals surface area (Å²) < 4.78 is 11.4. The normalized spacial score (nSPS) is 37.0. The number of amides is 2. The Morgan fingerprint density at radius 1 is 1.53 bits per heavy atom. The van der Waals surface area contributed by atoms with E-state index in [2.05, 4.69) is 5.32 Å². The summed E-state index contributed by atoms with van der Waals surface area (Å²) >= 11 is 0. The van der Waals surface area contributed by atoms with Crippen LogP contribution in [0.3, 0.4) is 0 Å². The average molecular weight is 268 g/mol. The van der Waals surface area contributed by atoms with Crippen molar-refractivity contribution in [3.63, 3.8) is 0 Å². The summed E-state index contributed by atoms with van der Waals surface area (Å²) in [7, 11) is 0. The molecule has 2 amide bonds. The molecule has 0 radical (unpaired) electrons. The van der Waals surface area contributed by atoms with Gasteiger partial charge in [0.15, 0.2) is 0 Å². The first-order valence-corrected chi connectivity index (χ1v) is 6.73. The average Bonchev–Trinajstić information content (AvgIpc) is 2.70. The van der Waals surface area contributed by atoms with Crippen molar-refractivity contribution in [2.45, 2.75) is 44.5 Å². The van der Waals surface area contributed by atoms with Gasteiger partial charge in [0.1, 0.15) is 11.2 Å². The second-order valence-corrected chi connectivity index (χ2v) is 6.67. The van der Waals surface area contributed by atoms with Crippen LogP contribution < -0.4 is 5.32 Å². The van der Waals surface area contributed by atoms with E-state index in [0.717, 1.165) is 0 Å². The van der Waals surface area contributed by atoms with Gasteiger partial charge in [-0.05, 0) is 27.2 Å². The summed E-state index contributed by atoms with van der Waals surface area (Å²) in [5.41, 5.74) is -1.04. The number of carbonyl (C=O) groups is 2. The summed E-state index contributed by atoms with van der Waals surface area (Å²) in [6.45, 7) is 6.99. The van der Waals surface area contributed by atoms with E-state index < -0.39 is 11.2 Å². The smallest absolute Gasteiger partial charge is 0.410 e. The van der Waals surface area contributed by atoms with Gasteiger partial charge in [-0.1, -0.05) is 0 Å². The molecule has 3 aliphatic heterocycles. The maximum atomic E-state index is 12.1. The number of likely N-dealkylation sites (tertiary alicyclic amines) is 1. The lowest BCUT2D eigenvalue weighted by molar-refractivity contribution is -0.127. The zero-order valence-corrected chi connectivity index (χ0v) is 11.6. The number of hydrogen-bond acceptors (Lipinski definition) is 4. The topological polar surface area (TPSA) is 67.9 Å². The van der Waals surface area contributed by atoms with Gasteiger partial charge in [0, 0.05) is 6.54 Å². The van der Waals surface area contributed by atoms with Crippen LogP contribution in [0.25, 0.3) is 0 Å². The van der Waals surface area contributed by atoms with Crippen LogP contribution >= 0.6 is 0 Å². The van der Waals surface area contributed by atoms with E-state index >= 15 is 0 Å². The predicted octanol–water partition coefficient (Wildman–Crippen LogP) is 0.511. The Bertz CT molecular complexity index is 431. The monoisotopic (exact) mass is 268 g/mol. The van der Waals surface area contributed by atoms with E-state index in [-0.39, 0.29) is 24.0 Å². The number of rotatable bonds is 0. The largest absolute Gasteiger partial charge is 0.444 e. The fraction of sp³-hybridized carbons (Fsp3) is 0.846. The molecule has 0 aromatic carbocycles. The molecule has 6 nitrogen and oxygen atoms in total. The van der Waals surface area contributed by atoms with Crippen molar-refractivity contribution in [2.24, 2.45) is 5.92 Å². The molecule has 0 aromatic heterocycles. The Labute approximate surface area is 112 Å². The molecule has 3 rings (SSSR count). The standard InChI is InChI=1S/C13H20N2O4/c1-12(2,3)19-11(17)15-5-8-4-9-10(16)14-6-13(9,7-15)18-8/h8-9H,4-7H2,1-3H3,(H,14,16). The maximum Gasteiger partial charge on any atom is 0.410 e. The molecule has 3 fully saturated rings. The third-order valence-corrected chi connectivity index (χ3v) is 3.95. The SMILES string of the molecule is CC(C)(C)OC(=O)N1CC2CC3C(=O)NCC3(C1)O2. The van der Waals surface area contributed by atoms with Crippen LogP contribution in [0.4, 0.5) is 4.79 Å². The molecule has 19 heavy (non-hydrogen) atoms. The highest BCUT2D eigenvalue weighted by Gasteiger charge is 2.60. The lowest BCUT2D eigenvalue weighted by Crippen LogP contribution is -2.56. The van der Waals surface area contributed by atoms with Gasteiger partial charge in [-0.15, -0.1) is 0 Å². The number of nitrogens with one attached hydrogen (secondary N) is 1. The highest BCUT2D eigenvalue weighted by molar-refractivity contribution is 5.83. The van der Waals surface area contributed by atoms with E-state index in [1.54, 1.807) is 4.90 Å². The quantitative estimate of drug-likeness (QED) is 0.695. The molecular formula is C13H20N2O4. The third kappa shape index (κ3) is 2.08. The van der Waals surface area contributed by atoms with Gasteiger partial charge < -0.3 is 19.7 Å². The van der Waals surface area contributed by atoms with Crippen LogP contribution in [-0.2, 0) is 14.3 Å². The van der Waals surface area contributed by atoms with E-state index in [4.69, 9.17) is 9.47 Å². The van der Waals surface area contributed by atoms with E-state index in [0.29, 0.717) is 26.1 Å². The van der Waals surface area contributed by atoms with Gasteiger partial charge >= 0.3 is 6.09 Å². The fourth-order valence-corrected chi connectivity index (χ4v) is 3.22. The molecule has 3 saturated heterocycles. The lowest BCUT2D eigenvalue weighted by Gasteiger charge is -2.39. The molecule has 0 aromatic rings. The Morgan fingerprint density at radius 3 is 2.95 bits per heavy atom. The molecular weight excluding hydrogens is 248 g/mol. The Morgan fingerprint density at radius 2 is 2.26 bits per heavy atom. The minimum atomic E-state index is -0.531. The van der Waals surface area contributed by atoms with Crippen molar-refractivity contribution in [3.8, 4) is 0 Å². The van der Waals surface area contributed by atoms with Crippen molar-refractivity contribution < 1.29 is 19.1 Å². The summed E-state index contributed by atoms with van der Waals surface area (Å²) in [6.07, 6.45) is 0.336. The van der Waals surface area contributed by atoms with Gasteiger partial charge in [0.05, 0.1) is 25.1 Å². The molecule has 3 heterocycles. The first kappa shape index (κ1) is 12.7. The third-order valence-electron chi connectivity index (χ3n) is 3.95. The van der Waals surface area contributed by atoms with Crippen molar-refractivity contribution in [1.82, 2.24) is 10.2 Å². The van der Waals surface area contributed by atoms with Crippen LogP contribution in [0.5, 0.6) is 0 Å². The Balaban J connectivity index is 1.75. The highest BCUT2D eigenvalue weighted by atomic mass is 16.6. The second-order valence-electron chi connectivity index (χ2n) is 6.67. The van der Waals surface area contributed by atoms with Crippen LogP contribution in [0.15, 0.2) is 0 Å². The van der Waals surface area contributed by atoms with E-state index in [1.165, 1.54) is 0 Å².